The fourth-order valence-corrected chi connectivity index (χ4v) is 0.858. The number of hydrogen-bond donors (Lipinski definition) is 1. The van der Waals surface area contributed by atoms with Gasteiger partial charge >= 0.3 is 0 Å². The number of hydrogen-bond acceptors (Lipinski definition) is 3. The van der Waals surface area contributed by atoms with Gasteiger partial charge in [0.1, 0.15) is 12.4 Å². The summed E-state index contributed by atoms with van der Waals surface area (Å²) in [6, 6.07) is 1.92. The van der Waals surface area contributed by atoms with Crippen LogP contribution in [-0.4, -0.2) is 6.10 Å². The average molecular weight is 169 g/mol. The molecule has 0 aliphatic heterocycles. The van der Waals surface area contributed by atoms with Crippen LogP contribution in [0.4, 0.5) is 0 Å². The Labute approximate surface area is 72.5 Å². The molecule has 3 nitrogen and oxygen atoms in total. The predicted octanol–water partition coefficient (Wildman–Crippen LogP) is 1.66. The van der Waals surface area contributed by atoms with Gasteiger partial charge in [0.2, 0.25) is 0 Å². The van der Waals surface area contributed by atoms with Crippen LogP contribution in [-0.2, 0) is 17.9 Å². The van der Waals surface area contributed by atoms with E-state index in [2.05, 4.69) is 0 Å². The lowest BCUT2D eigenvalue weighted by Gasteiger charge is -2.03. The van der Waals surface area contributed by atoms with Crippen molar-refractivity contribution in [2.24, 2.45) is 5.73 Å². The molecule has 3 heteroatoms. The molecule has 0 fully saturated rings. The summed E-state index contributed by atoms with van der Waals surface area (Å²) in [5.41, 5.74) is 6.43. The molecule has 12 heavy (non-hydrogen) atoms. The maximum absolute atomic E-state index is 5.42. The lowest BCUT2D eigenvalue weighted by molar-refractivity contribution is 0.0545. The maximum Gasteiger partial charge on any atom is 0.129 e. The molecule has 1 aromatic heterocycles. The van der Waals surface area contributed by atoms with Crippen molar-refractivity contribution >= 4 is 0 Å². The third-order valence-corrected chi connectivity index (χ3v) is 1.50. The van der Waals surface area contributed by atoms with Gasteiger partial charge in [-0.1, -0.05) is 0 Å². The molecule has 0 aliphatic rings. The standard InChI is InChI=1S/C9H15NO2/c1-7(2)11-6-9-3-8(4-10)5-12-9/h3,5,7H,4,6,10H2,1-2H3. The molecule has 68 valence electrons. The second-order valence-electron chi connectivity index (χ2n) is 2.99. The molecule has 0 atom stereocenters. The van der Waals surface area contributed by atoms with E-state index in [9.17, 15) is 0 Å². The highest BCUT2D eigenvalue weighted by atomic mass is 16.5. The van der Waals surface area contributed by atoms with Gasteiger partial charge in [0.25, 0.3) is 0 Å². The minimum atomic E-state index is 0.233. The van der Waals surface area contributed by atoms with Gasteiger partial charge in [0.15, 0.2) is 0 Å². The molecule has 1 heterocycles. The minimum absolute atomic E-state index is 0.233. The first-order valence-electron chi connectivity index (χ1n) is 4.10. The van der Waals surface area contributed by atoms with Gasteiger partial charge in [-0.25, -0.2) is 0 Å². The summed E-state index contributed by atoms with van der Waals surface area (Å²) >= 11 is 0. The Morgan fingerprint density at radius 3 is 2.83 bits per heavy atom. The van der Waals surface area contributed by atoms with Gasteiger partial charge in [0.05, 0.1) is 12.4 Å². The minimum Gasteiger partial charge on any atom is -0.467 e. The molecule has 0 bridgehead atoms. The number of furan rings is 1. The maximum atomic E-state index is 5.42. The van der Waals surface area contributed by atoms with E-state index in [1.807, 2.05) is 19.9 Å². The van der Waals surface area contributed by atoms with Crippen LogP contribution in [0.25, 0.3) is 0 Å². The zero-order valence-electron chi connectivity index (χ0n) is 7.54. The molecular formula is C9H15NO2. The van der Waals surface area contributed by atoms with E-state index < -0.39 is 0 Å². The van der Waals surface area contributed by atoms with Crippen LogP contribution in [0.1, 0.15) is 25.2 Å². The smallest absolute Gasteiger partial charge is 0.129 e. The molecule has 0 aliphatic carbocycles. The monoisotopic (exact) mass is 169 g/mol. The quantitative estimate of drug-likeness (QED) is 0.745. The Bertz CT molecular complexity index is 230. The Morgan fingerprint density at radius 1 is 1.58 bits per heavy atom. The molecule has 1 aromatic rings. The van der Waals surface area contributed by atoms with Crippen LogP contribution >= 0.6 is 0 Å². The van der Waals surface area contributed by atoms with E-state index in [0.717, 1.165) is 11.3 Å². The second-order valence-corrected chi connectivity index (χ2v) is 2.99. The van der Waals surface area contributed by atoms with Crippen LogP contribution < -0.4 is 5.73 Å². The lowest BCUT2D eigenvalue weighted by atomic mass is 10.3. The van der Waals surface area contributed by atoms with Crippen LogP contribution in [0.15, 0.2) is 16.7 Å². The Morgan fingerprint density at radius 2 is 2.33 bits per heavy atom. The topological polar surface area (TPSA) is 48.4 Å². The normalized spacial score (nSPS) is 11.0. The van der Waals surface area contributed by atoms with Gasteiger partial charge in [-0.05, 0) is 19.9 Å². The highest BCUT2D eigenvalue weighted by Gasteiger charge is 2.01. The summed E-state index contributed by atoms with van der Waals surface area (Å²) < 4.78 is 10.6. The molecule has 1 rings (SSSR count). The third-order valence-electron chi connectivity index (χ3n) is 1.50. The van der Waals surface area contributed by atoms with E-state index in [-0.39, 0.29) is 6.10 Å². The molecule has 0 saturated heterocycles. The summed E-state index contributed by atoms with van der Waals surface area (Å²) in [6.07, 6.45) is 1.90. The van der Waals surface area contributed by atoms with Crippen molar-refractivity contribution in [2.75, 3.05) is 0 Å². The van der Waals surface area contributed by atoms with Crippen LogP contribution in [0.3, 0.4) is 0 Å². The van der Waals surface area contributed by atoms with Gasteiger partial charge in [0, 0.05) is 12.1 Å². The van der Waals surface area contributed by atoms with Gasteiger partial charge < -0.3 is 14.9 Å². The van der Waals surface area contributed by atoms with Crippen molar-refractivity contribution in [3.8, 4) is 0 Å². The van der Waals surface area contributed by atoms with Gasteiger partial charge in [-0.2, -0.15) is 0 Å². The molecule has 0 amide bonds. The first kappa shape index (κ1) is 9.29. The highest BCUT2D eigenvalue weighted by molar-refractivity contribution is 5.11. The zero-order valence-corrected chi connectivity index (χ0v) is 7.54. The van der Waals surface area contributed by atoms with Crippen molar-refractivity contribution in [1.82, 2.24) is 0 Å². The summed E-state index contributed by atoms with van der Waals surface area (Å²) in [6.45, 7) is 5.03. The van der Waals surface area contributed by atoms with E-state index in [1.165, 1.54) is 0 Å². The summed E-state index contributed by atoms with van der Waals surface area (Å²) in [5.74, 6) is 0.837. The molecular weight excluding hydrogens is 154 g/mol. The lowest BCUT2D eigenvalue weighted by Crippen LogP contribution is -2.01. The SMILES string of the molecule is CC(C)OCc1cc(CN)co1. The molecule has 0 radical (unpaired) electrons. The second kappa shape index (κ2) is 4.28. The molecule has 0 spiro atoms. The molecule has 2 N–H and O–H groups in total. The van der Waals surface area contributed by atoms with Gasteiger partial charge in [-0.3, -0.25) is 0 Å². The highest BCUT2D eigenvalue weighted by Crippen LogP contribution is 2.08. The van der Waals surface area contributed by atoms with Crippen molar-refractivity contribution < 1.29 is 9.15 Å². The number of ether oxygens (including phenoxy) is 1. The van der Waals surface area contributed by atoms with Crippen molar-refractivity contribution in [3.63, 3.8) is 0 Å². The summed E-state index contributed by atoms with van der Waals surface area (Å²) in [4.78, 5) is 0. The van der Waals surface area contributed by atoms with E-state index in [1.54, 1.807) is 6.26 Å². The van der Waals surface area contributed by atoms with Crippen molar-refractivity contribution in [2.45, 2.75) is 33.1 Å². The average Bonchev–Trinajstić information content (AvgIpc) is 2.48. The molecule has 0 aromatic carbocycles. The fourth-order valence-electron chi connectivity index (χ4n) is 0.858. The number of rotatable bonds is 4. The van der Waals surface area contributed by atoms with Crippen molar-refractivity contribution in [3.05, 3.63) is 23.7 Å². The largest absolute Gasteiger partial charge is 0.467 e. The third kappa shape index (κ3) is 2.68. The first-order chi connectivity index (χ1) is 5.72. The Balaban J connectivity index is 2.41. The predicted molar refractivity (Wildman–Crippen MR) is 46.5 cm³/mol. The van der Waals surface area contributed by atoms with E-state index in [4.69, 9.17) is 14.9 Å². The zero-order chi connectivity index (χ0) is 8.97. The van der Waals surface area contributed by atoms with Crippen LogP contribution in [0.2, 0.25) is 0 Å². The van der Waals surface area contributed by atoms with Crippen LogP contribution in [0.5, 0.6) is 0 Å². The van der Waals surface area contributed by atoms with Gasteiger partial charge in [-0.15, -0.1) is 0 Å². The molecule has 0 saturated carbocycles. The summed E-state index contributed by atoms with van der Waals surface area (Å²) in [5, 5.41) is 0. The van der Waals surface area contributed by atoms with E-state index >= 15 is 0 Å². The van der Waals surface area contributed by atoms with Crippen molar-refractivity contribution in [1.29, 1.82) is 0 Å². The summed E-state index contributed by atoms with van der Waals surface area (Å²) in [7, 11) is 0. The fraction of sp³-hybridized carbons (Fsp3) is 0.556. The molecule has 0 unspecified atom stereocenters. The van der Waals surface area contributed by atoms with Crippen LogP contribution in [0, 0.1) is 0 Å². The Hall–Kier alpha value is -0.800. The first-order valence-corrected chi connectivity index (χ1v) is 4.10. The Kier molecular flexibility index (Phi) is 3.31. The number of nitrogens with two attached hydrogens (primary N) is 1. The van der Waals surface area contributed by atoms with E-state index in [0.29, 0.717) is 13.2 Å².